The SMILES string of the molecule is CCC(C)N(CCC(=O)OC)C(=O)c1ccc(OC)c(OC)c1. The summed E-state index contributed by atoms with van der Waals surface area (Å²) < 4.78 is 15.1. The number of amides is 1. The van der Waals surface area contributed by atoms with E-state index in [-0.39, 0.29) is 24.3 Å². The summed E-state index contributed by atoms with van der Waals surface area (Å²) >= 11 is 0. The molecule has 0 aliphatic rings. The van der Waals surface area contributed by atoms with Gasteiger partial charge in [0.1, 0.15) is 0 Å². The van der Waals surface area contributed by atoms with Crippen LogP contribution in [0.25, 0.3) is 0 Å². The van der Waals surface area contributed by atoms with Gasteiger partial charge in [-0.05, 0) is 31.5 Å². The monoisotopic (exact) mass is 323 g/mol. The first kappa shape index (κ1) is 18.8. The molecule has 0 saturated carbocycles. The molecular formula is C17H25NO5. The number of hydrogen-bond donors (Lipinski definition) is 0. The highest BCUT2D eigenvalue weighted by atomic mass is 16.5. The van der Waals surface area contributed by atoms with Crippen molar-refractivity contribution >= 4 is 11.9 Å². The Morgan fingerprint density at radius 2 is 1.78 bits per heavy atom. The lowest BCUT2D eigenvalue weighted by Crippen LogP contribution is -2.39. The molecule has 23 heavy (non-hydrogen) atoms. The minimum Gasteiger partial charge on any atom is -0.493 e. The van der Waals surface area contributed by atoms with Crippen molar-refractivity contribution in [1.29, 1.82) is 0 Å². The maximum Gasteiger partial charge on any atom is 0.307 e. The van der Waals surface area contributed by atoms with Crippen molar-refractivity contribution < 1.29 is 23.8 Å². The van der Waals surface area contributed by atoms with Gasteiger partial charge >= 0.3 is 5.97 Å². The largest absolute Gasteiger partial charge is 0.493 e. The van der Waals surface area contributed by atoms with Crippen LogP contribution in [0.15, 0.2) is 18.2 Å². The number of benzene rings is 1. The Kier molecular flexibility index (Phi) is 7.38. The molecule has 1 amide bonds. The van der Waals surface area contributed by atoms with Gasteiger partial charge in [-0.25, -0.2) is 0 Å². The van der Waals surface area contributed by atoms with Crippen LogP contribution in [0.1, 0.15) is 37.0 Å². The van der Waals surface area contributed by atoms with Crippen molar-refractivity contribution in [3.63, 3.8) is 0 Å². The standard InChI is InChI=1S/C17H25NO5/c1-6-12(2)18(10-9-16(19)23-5)17(20)13-7-8-14(21-3)15(11-13)22-4/h7-8,11-12H,6,9-10H2,1-5H3. The van der Waals surface area contributed by atoms with Crippen molar-refractivity contribution in [1.82, 2.24) is 4.90 Å². The third kappa shape index (κ3) is 4.87. The Morgan fingerprint density at radius 3 is 2.30 bits per heavy atom. The van der Waals surface area contributed by atoms with Crippen molar-refractivity contribution in [2.75, 3.05) is 27.9 Å². The quantitative estimate of drug-likeness (QED) is 0.688. The average Bonchev–Trinajstić information content (AvgIpc) is 2.60. The molecule has 1 aromatic rings. The molecule has 0 spiro atoms. The molecule has 0 fully saturated rings. The van der Waals surface area contributed by atoms with Gasteiger partial charge in [0.05, 0.1) is 27.8 Å². The molecule has 1 rings (SSSR count). The van der Waals surface area contributed by atoms with Gasteiger partial charge in [0.2, 0.25) is 0 Å². The first-order chi connectivity index (χ1) is 11.0. The maximum atomic E-state index is 12.8. The Labute approximate surface area is 137 Å². The molecule has 0 N–H and O–H groups in total. The molecule has 0 aliphatic carbocycles. The molecule has 0 heterocycles. The van der Waals surface area contributed by atoms with Crippen molar-refractivity contribution in [2.24, 2.45) is 0 Å². The predicted octanol–water partition coefficient (Wildman–Crippen LogP) is 2.51. The number of nitrogens with zero attached hydrogens (tertiary/aromatic N) is 1. The summed E-state index contributed by atoms with van der Waals surface area (Å²) in [4.78, 5) is 25.8. The summed E-state index contributed by atoms with van der Waals surface area (Å²) in [6.07, 6.45) is 0.958. The van der Waals surface area contributed by atoms with Gasteiger partial charge in [-0.2, -0.15) is 0 Å². The molecule has 0 saturated heterocycles. The van der Waals surface area contributed by atoms with Gasteiger partial charge in [-0.3, -0.25) is 9.59 Å². The van der Waals surface area contributed by atoms with E-state index in [2.05, 4.69) is 4.74 Å². The highest BCUT2D eigenvalue weighted by molar-refractivity contribution is 5.95. The van der Waals surface area contributed by atoms with E-state index in [1.807, 2.05) is 13.8 Å². The van der Waals surface area contributed by atoms with Crippen LogP contribution < -0.4 is 9.47 Å². The number of hydrogen-bond acceptors (Lipinski definition) is 5. The lowest BCUT2D eigenvalue weighted by atomic mass is 10.1. The van der Waals surface area contributed by atoms with E-state index in [0.29, 0.717) is 23.6 Å². The van der Waals surface area contributed by atoms with Crippen molar-refractivity contribution in [3.05, 3.63) is 23.8 Å². The van der Waals surface area contributed by atoms with E-state index in [1.165, 1.54) is 14.2 Å². The fraction of sp³-hybridized carbons (Fsp3) is 0.529. The highest BCUT2D eigenvalue weighted by Gasteiger charge is 2.22. The second-order valence-electron chi connectivity index (χ2n) is 5.15. The van der Waals surface area contributed by atoms with Crippen LogP contribution in [0.5, 0.6) is 11.5 Å². The second kappa shape index (κ2) is 9.02. The number of carbonyl (C=O) groups is 2. The van der Waals surface area contributed by atoms with Gasteiger partial charge in [0, 0.05) is 18.2 Å². The normalized spacial score (nSPS) is 11.5. The molecule has 1 unspecified atom stereocenters. The molecule has 0 aliphatic heterocycles. The van der Waals surface area contributed by atoms with Gasteiger partial charge in [-0.15, -0.1) is 0 Å². The molecule has 6 nitrogen and oxygen atoms in total. The molecule has 1 atom stereocenters. The number of ether oxygens (including phenoxy) is 3. The molecule has 1 aromatic carbocycles. The lowest BCUT2D eigenvalue weighted by Gasteiger charge is -2.28. The molecule has 0 bridgehead atoms. The topological polar surface area (TPSA) is 65.1 Å². The zero-order chi connectivity index (χ0) is 17.4. The van der Waals surface area contributed by atoms with Crippen LogP contribution in [0, 0.1) is 0 Å². The van der Waals surface area contributed by atoms with E-state index < -0.39 is 0 Å². The Hall–Kier alpha value is -2.24. The summed E-state index contributed by atoms with van der Waals surface area (Å²) in [5, 5.41) is 0. The summed E-state index contributed by atoms with van der Waals surface area (Å²) in [7, 11) is 4.41. The van der Waals surface area contributed by atoms with Crippen molar-refractivity contribution in [3.8, 4) is 11.5 Å². The Bertz CT molecular complexity index is 544. The Balaban J connectivity index is 3.01. The third-order valence-electron chi connectivity index (χ3n) is 3.80. The molecule has 0 aromatic heterocycles. The Morgan fingerprint density at radius 1 is 1.13 bits per heavy atom. The minimum atomic E-state index is -0.335. The maximum absolute atomic E-state index is 12.8. The molecular weight excluding hydrogens is 298 g/mol. The molecule has 0 radical (unpaired) electrons. The van der Waals surface area contributed by atoms with Crippen LogP contribution in [0.2, 0.25) is 0 Å². The van der Waals surface area contributed by atoms with E-state index in [0.717, 1.165) is 6.42 Å². The van der Waals surface area contributed by atoms with Gasteiger partial charge in [0.25, 0.3) is 5.91 Å². The second-order valence-corrected chi connectivity index (χ2v) is 5.15. The van der Waals surface area contributed by atoms with Crippen LogP contribution >= 0.6 is 0 Å². The molecule has 6 heteroatoms. The fourth-order valence-corrected chi connectivity index (χ4v) is 2.19. The van der Waals surface area contributed by atoms with Gasteiger partial charge in [0.15, 0.2) is 11.5 Å². The van der Waals surface area contributed by atoms with Crippen LogP contribution in [-0.2, 0) is 9.53 Å². The first-order valence-electron chi connectivity index (χ1n) is 7.58. The zero-order valence-corrected chi connectivity index (χ0v) is 14.4. The van der Waals surface area contributed by atoms with E-state index >= 15 is 0 Å². The van der Waals surface area contributed by atoms with E-state index in [4.69, 9.17) is 9.47 Å². The summed E-state index contributed by atoms with van der Waals surface area (Å²) in [6.45, 7) is 4.27. The fourth-order valence-electron chi connectivity index (χ4n) is 2.19. The van der Waals surface area contributed by atoms with Crippen LogP contribution in [0.4, 0.5) is 0 Å². The van der Waals surface area contributed by atoms with Crippen molar-refractivity contribution in [2.45, 2.75) is 32.7 Å². The summed E-state index contributed by atoms with van der Waals surface area (Å²) in [5.74, 6) is 0.576. The van der Waals surface area contributed by atoms with Crippen LogP contribution in [-0.4, -0.2) is 50.7 Å². The average molecular weight is 323 g/mol. The van der Waals surface area contributed by atoms with Crippen LogP contribution in [0.3, 0.4) is 0 Å². The smallest absolute Gasteiger partial charge is 0.307 e. The van der Waals surface area contributed by atoms with E-state index in [9.17, 15) is 9.59 Å². The number of esters is 1. The van der Waals surface area contributed by atoms with E-state index in [1.54, 1.807) is 30.2 Å². The first-order valence-corrected chi connectivity index (χ1v) is 7.58. The van der Waals surface area contributed by atoms with Gasteiger partial charge < -0.3 is 19.1 Å². The summed E-state index contributed by atoms with van der Waals surface area (Å²) in [6, 6.07) is 5.05. The third-order valence-corrected chi connectivity index (χ3v) is 3.80. The lowest BCUT2D eigenvalue weighted by molar-refractivity contribution is -0.140. The molecule has 128 valence electrons. The number of rotatable bonds is 8. The number of carbonyl (C=O) groups excluding carboxylic acids is 2. The minimum absolute atomic E-state index is 0.0141. The predicted molar refractivity (Wildman–Crippen MR) is 87.0 cm³/mol. The highest BCUT2D eigenvalue weighted by Crippen LogP contribution is 2.28. The zero-order valence-electron chi connectivity index (χ0n) is 14.4. The number of methoxy groups -OCH3 is 3. The summed E-state index contributed by atoms with van der Waals surface area (Å²) in [5.41, 5.74) is 0.493. The van der Waals surface area contributed by atoms with Gasteiger partial charge in [-0.1, -0.05) is 6.92 Å².